The van der Waals surface area contributed by atoms with Gasteiger partial charge in [0.25, 0.3) is 0 Å². The predicted molar refractivity (Wildman–Crippen MR) is 79.6 cm³/mol. The summed E-state index contributed by atoms with van der Waals surface area (Å²) in [7, 11) is 0. The molecule has 21 heavy (non-hydrogen) atoms. The van der Waals surface area contributed by atoms with Gasteiger partial charge < -0.3 is 15.6 Å². The molecule has 0 unspecified atom stereocenters. The van der Waals surface area contributed by atoms with Crippen molar-refractivity contribution in [3.63, 3.8) is 0 Å². The highest BCUT2D eigenvalue weighted by atomic mass is 16.5. The van der Waals surface area contributed by atoms with E-state index in [1.165, 1.54) is 12.1 Å². The average Bonchev–Trinajstić information content (AvgIpc) is 2.49. The lowest BCUT2D eigenvalue weighted by Gasteiger charge is -2.09. The number of carboxylic acids is 1. The maximum Gasteiger partial charge on any atom is 0.335 e. The largest absolute Gasteiger partial charge is 0.478 e. The molecular formula is C16H12N2O3. The van der Waals surface area contributed by atoms with E-state index in [0.29, 0.717) is 11.5 Å². The number of aromatic nitrogens is 1. The molecular weight excluding hydrogens is 268 g/mol. The van der Waals surface area contributed by atoms with Crippen LogP contribution >= 0.6 is 0 Å². The number of anilines is 1. The molecule has 0 bridgehead atoms. The molecule has 1 heterocycles. The van der Waals surface area contributed by atoms with Gasteiger partial charge in [0.2, 0.25) is 0 Å². The van der Waals surface area contributed by atoms with E-state index in [0.717, 1.165) is 10.9 Å². The Balaban J connectivity index is 1.93. The molecule has 2 aromatic carbocycles. The highest BCUT2D eigenvalue weighted by molar-refractivity contribution is 5.89. The molecule has 104 valence electrons. The number of aromatic carboxylic acids is 1. The molecule has 0 saturated carbocycles. The van der Waals surface area contributed by atoms with Gasteiger partial charge in [-0.3, -0.25) is 4.98 Å². The van der Waals surface area contributed by atoms with Gasteiger partial charge >= 0.3 is 5.97 Å². The van der Waals surface area contributed by atoms with E-state index in [1.54, 1.807) is 18.3 Å². The first-order chi connectivity index (χ1) is 10.1. The summed E-state index contributed by atoms with van der Waals surface area (Å²) in [6.45, 7) is 0. The maximum atomic E-state index is 10.9. The third kappa shape index (κ3) is 2.62. The highest BCUT2D eigenvalue weighted by Crippen LogP contribution is 2.29. The fourth-order valence-electron chi connectivity index (χ4n) is 2.01. The summed E-state index contributed by atoms with van der Waals surface area (Å²) >= 11 is 0. The number of pyridine rings is 1. The lowest BCUT2D eigenvalue weighted by molar-refractivity contribution is 0.0697. The molecule has 0 atom stereocenters. The number of carboxylic acid groups (broad SMARTS) is 1. The van der Waals surface area contributed by atoms with Crippen molar-refractivity contribution >= 4 is 22.6 Å². The summed E-state index contributed by atoms with van der Waals surface area (Å²) in [5, 5.41) is 9.92. The molecule has 0 fully saturated rings. The number of nitrogen functional groups attached to an aromatic ring is 1. The van der Waals surface area contributed by atoms with Crippen molar-refractivity contribution in [2.24, 2.45) is 0 Å². The minimum absolute atomic E-state index is 0.125. The molecule has 5 heteroatoms. The molecule has 0 amide bonds. The zero-order valence-corrected chi connectivity index (χ0v) is 11.0. The van der Waals surface area contributed by atoms with Crippen LogP contribution in [0, 0.1) is 0 Å². The molecule has 3 rings (SSSR count). The van der Waals surface area contributed by atoms with Crippen LogP contribution in [0.25, 0.3) is 10.9 Å². The Hall–Kier alpha value is -3.08. The summed E-state index contributed by atoms with van der Waals surface area (Å²) in [6, 6.07) is 13.7. The molecule has 1 aromatic heterocycles. The summed E-state index contributed by atoms with van der Waals surface area (Å²) in [5.74, 6) is -0.0191. The molecule has 5 nitrogen and oxygen atoms in total. The fraction of sp³-hybridized carbons (Fsp3) is 0. The molecule has 0 aliphatic heterocycles. The van der Waals surface area contributed by atoms with Crippen LogP contribution in [0.3, 0.4) is 0 Å². The number of carbonyl (C=O) groups is 1. The highest BCUT2D eigenvalue weighted by Gasteiger charge is 2.08. The van der Waals surface area contributed by atoms with Gasteiger partial charge in [-0.25, -0.2) is 4.79 Å². The smallest absolute Gasteiger partial charge is 0.335 e. The number of hydrogen-bond donors (Lipinski definition) is 2. The van der Waals surface area contributed by atoms with Crippen LogP contribution < -0.4 is 10.5 Å². The van der Waals surface area contributed by atoms with Crippen LogP contribution in [0.2, 0.25) is 0 Å². The van der Waals surface area contributed by atoms with Crippen molar-refractivity contribution in [1.29, 1.82) is 0 Å². The maximum absolute atomic E-state index is 10.9. The van der Waals surface area contributed by atoms with Crippen LogP contribution in [0.4, 0.5) is 5.69 Å². The molecule has 0 aliphatic carbocycles. The molecule has 0 aliphatic rings. The third-order valence-electron chi connectivity index (χ3n) is 3.06. The van der Waals surface area contributed by atoms with Gasteiger partial charge in [-0.2, -0.15) is 0 Å². The van der Waals surface area contributed by atoms with Crippen molar-refractivity contribution in [2.75, 3.05) is 5.73 Å². The minimum atomic E-state index is -1.02. The molecule has 0 spiro atoms. The third-order valence-corrected chi connectivity index (χ3v) is 3.06. The Morgan fingerprint density at radius 1 is 1.14 bits per heavy atom. The Morgan fingerprint density at radius 3 is 2.76 bits per heavy atom. The Labute approximate surface area is 120 Å². The standard InChI is InChI=1S/C16H12N2O3/c17-13-8-11(16(19)20)4-6-15(13)21-12-5-3-10-2-1-7-18-14(10)9-12/h1-9H,17H2,(H,19,20). The summed E-state index contributed by atoms with van der Waals surface area (Å²) in [5.41, 5.74) is 7.03. The zero-order chi connectivity index (χ0) is 14.8. The minimum Gasteiger partial charge on any atom is -0.478 e. The first kappa shape index (κ1) is 12.9. The van der Waals surface area contributed by atoms with E-state index < -0.39 is 5.97 Å². The number of nitrogens with zero attached hydrogens (tertiary/aromatic N) is 1. The molecule has 0 saturated heterocycles. The van der Waals surface area contributed by atoms with Crippen molar-refractivity contribution in [2.45, 2.75) is 0 Å². The van der Waals surface area contributed by atoms with Crippen molar-refractivity contribution < 1.29 is 14.6 Å². The van der Waals surface area contributed by atoms with Crippen LogP contribution in [0.1, 0.15) is 10.4 Å². The van der Waals surface area contributed by atoms with E-state index in [1.807, 2.05) is 24.3 Å². The van der Waals surface area contributed by atoms with Crippen molar-refractivity contribution in [3.8, 4) is 11.5 Å². The summed E-state index contributed by atoms with van der Waals surface area (Å²) in [4.78, 5) is 15.1. The predicted octanol–water partition coefficient (Wildman–Crippen LogP) is 3.31. The fourth-order valence-corrected chi connectivity index (χ4v) is 2.01. The number of rotatable bonds is 3. The Bertz CT molecular complexity index is 831. The Morgan fingerprint density at radius 2 is 2.00 bits per heavy atom. The SMILES string of the molecule is Nc1cc(C(=O)O)ccc1Oc1ccc2cccnc2c1. The second-order valence-corrected chi connectivity index (χ2v) is 4.52. The Kier molecular flexibility index (Phi) is 3.16. The van der Waals surface area contributed by atoms with Gasteiger partial charge in [-0.1, -0.05) is 6.07 Å². The van der Waals surface area contributed by atoms with Gasteiger partial charge in [0.1, 0.15) is 11.5 Å². The summed E-state index contributed by atoms with van der Waals surface area (Å²) in [6.07, 6.45) is 1.71. The van der Waals surface area contributed by atoms with E-state index >= 15 is 0 Å². The number of benzene rings is 2. The molecule has 3 N–H and O–H groups in total. The zero-order valence-electron chi connectivity index (χ0n) is 11.0. The number of fused-ring (bicyclic) bond motifs is 1. The van der Waals surface area contributed by atoms with Crippen LogP contribution in [-0.4, -0.2) is 16.1 Å². The van der Waals surface area contributed by atoms with Crippen molar-refractivity contribution in [1.82, 2.24) is 4.98 Å². The first-order valence-corrected chi connectivity index (χ1v) is 6.29. The first-order valence-electron chi connectivity index (χ1n) is 6.29. The van der Waals surface area contributed by atoms with E-state index in [9.17, 15) is 4.79 Å². The van der Waals surface area contributed by atoms with Gasteiger partial charge in [0.15, 0.2) is 0 Å². The van der Waals surface area contributed by atoms with Gasteiger partial charge in [-0.15, -0.1) is 0 Å². The number of hydrogen-bond acceptors (Lipinski definition) is 4. The number of nitrogens with two attached hydrogens (primary N) is 1. The molecule has 3 aromatic rings. The normalized spacial score (nSPS) is 10.5. The van der Waals surface area contributed by atoms with Crippen LogP contribution in [-0.2, 0) is 0 Å². The van der Waals surface area contributed by atoms with Crippen molar-refractivity contribution in [3.05, 3.63) is 60.3 Å². The van der Waals surface area contributed by atoms with E-state index in [-0.39, 0.29) is 11.3 Å². The quantitative estimate of drug-likeness (QED) is 0.719. The van der Waals surface area contributed by atoms with Gasteiger partial charge in [0.05, 0.1) is 16.8 Å². The molecule has 0 radical (unpaired) electrons. The van der Waals surface area contributed by atoms with Gasteiger partial charge in [-0.05, 0) is 36.4 Å². The topological polar surface area (TPSA) is 85.4 Å². The average molecular weight is 280 g/mol. The van der Waals surface area contributed by atoms with Gasteiger partial charge in [0, 0.05) is 17.6 Å². The van der Waals surface area contributed by atoms with E-state index in [4.69, 9.17) is 15.6 Å². The summed E-state index contributed by atoms with van der Waals surface area (Å²) < 4.78 is 5.69. The lowest BCUT2D eigenvalue weighted by Crippen LogP contribution is -1.99. The van der Waals surface area contributed by atoms with Crippen LogP contribution in [0.5, 0.6) is 11.5 Å². The number of ether oxygens (including phenoxy) is 1. The monoisotopic (exact) mass is 280 g/mol. The second kappa shape index (κ2) is 5.13. The second-order valence-electron chi connectivity index (χ2n) is 4.52. The van der Waals surface area contributed by atoms with E-state index in [2.05, 4.69) is 4.98 Å². The van der Waals surface area contributed by atoms with Crippen LogP contribution in [0.15, 0.2) is 54.7 Å². The lowest BCUT2D eigenvalue weighted by atomic mass is 10.2.